The molecule has 3 atom stereocenters. The molecule has 0 saturated carbocycles. The van der Waals surface area contributed by atoms with Crippen LogP contribution in [0.1, 0.15) is 25.0 Å². The molecule has 0 fully saturated rings. The maximum absolute atomic E-state index is 14.5. The first kappa shape index (κ1) is 32.7. The highest BCUT2D eigenvalue weighted by Crippen LogP contribution is 2.39. The van der Waals surface area contributed by atoms with E-state index in [0.717, 1.165) is 26.8 Å². The van der Waals surface area contributed by atoms with Gasteiger partial charge in [-0.3, -0.25) is 19.3 Å². The van der Waals surface area contributed by atoms with E-state index in [1.54, 1.807) is 6.07 Å². The van der Waals surface area contributed by atoms with Crippen molar-refractivity contribution in [2.24, 2.45) is 0 Å². The number of benzene rings is 3. The van der Waals surface area contributed by atoms with Crippen molar-refractivity contribution < 1.29 is 37.4 Å². The van der Waals surface area contributed by atoms with Crippen LogP contribution in [0.15, 0.2) is 54.6 Å². The Kier molecular flexibility index (Phi) is 9.34. The van der Waals surface area contributed by atoms with Crippen molar-refractivity contribution in [1.29, 1.82) is 5.26 Å². The fraction of sp³-hybridized carbons (Fsp3) is 0.323. The van der Waals surface area contributed by atoms with E-state index in [0.29, 0.717) is 11.3 Å². The van der Waals surface area contributed by atoms with Gasteiger partial charge in [0.05, 0.1) is 42.7 Å². The zero-order valence-electron chi connectivity index (χ0n) is 25.3. The average molecular weight is 636 g/mol. The number of sulfone groups is 1. The highest BCUT2D eigenvalue weighted by atomic mass is 32.2. The molecule has 0 unspecified atom stereocenters. The van der Waals surface area contributed by atoms with Crippen molar-refractivity contribution in [1.82, 2.24) is 10.2 Å². The summed E-state index contributed by atoms with van der Waals surface area (Å²) in [7, 11) is -1.15. The van der Waals surface area contributed by atoms with E-state index >= 15 is 0 Å². The first-order valence-electron chi connectivity index (χ1n) is 13.8. The number of nitriles is 1. The van der Waals surface area contributed by atoms with Gasteiger partial charge in [-0.1, -0.05) is 30.3 Å². The van der Waals surface area contributed by atoms with Gasteiger partial charge in [0.25, 0.3) is 5.91 Å². The molecule has 236 valence electrons. The van der Waals surface area contributed by atoms with E-state index in [1.165, 1.54) is 51.1 Å². The highest BCUT2D eigenvalue weighted by Gasteiger charge is 2.43. The monoisotopic (exact) mass is 635 g/mol. The van der Waals surface area contributed by atoms with Crippen LogP contribution in [0, 0.1) is 11.3 Å². The van der Waals surface area contributed by atoms with Crippen molar-refractivity contribution >= 4 is 55.8 Å². The van der Waals surface area contributed by atoms with E-state index in [2.05, 4.69) is 5.32 Å². The molecule has 3 aromatic rings. The minimum absolute atomic E-state index is 0.0928. The normalized spacial score (nSPS) is 17.1. The molecule has 14 heteroatoms. The molecule has 1 heterocycles. The number of methoxy groups -OCH3 is 1. The van der Waals surface area contributed by atoms with E-state index < -0.39 is 57.5 Å². The Labute approximate surface area is 260 Å². The number of amides is 4. The summed E-state index contributed by atoms with van der Waals surface area (Å²) >= 11 is 0. The van der Waals surface area contributed by atoms with Crippen LogP contribution < -0.4 is 19.9 Å². The summed E-state index contributed by atoms with van der Waals surface area (Å²) in [4.78, 5) is 56.3. The summed E-state index contributed by atoms with van der Waals surface area (Å²) in [5, 5.41) is 23.4. The third kappa shape index (κ3) is 6.68. The van der Waals surface area contributed by atoms with Gasteiger partial charge in [-0.25, -0.2) is 13.2 Å². The largest absolute Gasteiger partial charge is 0.496 e. The number of likely N-dealkylation sites (N-methyl/N-ethyl adjacent to an activating group) is 1. The molecule has 0 spiro atoms. The molecule has 1 aliphatic rings. The minimum Gasteiger partial charge on any atom is -0.496 e. The zero-order valence-corrected chi connectivity index (χ0v) is 26.2. The van der Waals surface area contributed by atoms with Gasteiger partial charge in [0.2, 0.25) is 11.8 Å². The lowest BCUT2D eigenvalue weighted by molar-refractivity contribution is -0.130. The number of hydrogen-bond donors (Lipinski definition) is 2. The Morgan fingerprint density at radius 2 is 1.82 bits per heavy atom. The lowest BCUT2D eigenvalue weighted by Gasteiger charge is -2.33. The third-order valence-electron chi connectivity index (χ3n) is 7.82. The third-order valence-corrected chi connectivity index (χ3v) is 8.60. The molecule has 4 rings (SSSR count). The van der Waals surface area contributed by atoms with Crippen molar-refractivity contribution in [2.45, 2.75) is 38.5 Å². The summed E-state index contributed by atoms with van der Waals surface area (Å²) in [6, 6.07) is 13.6. The summed E-state index contributed by atoms with van der Waals surface area (Å²) in [6.07, 6.45) is -0.476. The lowest BCUT2D eigenvalue weighted by Crippen LogP contribution is -2.60. The number of carbonyl (C=O) groups excluding carboxylic acids is 3. The van der Waals surface area contributed by atoms with Crippen LogP contribution in [0.2, 0.25) is 0 Å². The average Bonchev–Trinajstić information content (AvgIpc) is 3.07. The second-order valence-electron chi connectivity index (χ2n) is 10.8. The number of fused-ring (bicyclic) bond motifs is 2. The maximum Gasteiger partial charge on any atom is 0.407 e. The molecule has 0 saturated heterocycles. The summed E-state index contributed by atoms with van der Waals surface area (Å²) in [5.41, 5.74) is 1.05. The quantitative estimate of drug-likeness (QED) is 0.376. The van der Waals surface area contributed by atoms with Crippen molar-refractivity contribution in [2.75, 3.05) is 36.0 Å². The molecular weight excluding hydrogens is 602 g/mol. The predicted octanol–water partition coefficient (Wildman–Crippen LogP) is 2.52. The second kappa shape index (κ2) is 12.8. The Hall–Kier alpha value is -5.16. The van der Waals surface area contributed by atoms with Gasteiger partial charge in [-0.2, -0.15) is 5.26 Å². The molecule has 4 amide bonds. The first-order valence-corrected chi connectivity index (χ1v) is 15.9. The van der Waals surface area contributed by atoms with Crippen molar-refractivity contribution in [3.63, 3.8) is 0 Å². The molecule has 3 aromatic carbocycles. The van der Waals surface area contributed by atoms with Crippen LogP contribution in [0.25, 0.3) is 10.8 Å². The molecule has 0 radical (unpaired) electrons. The van der Waals surface area contributed by atoms with Crippen molar-refractivity contribution in [3.05, 3.63) is 65.7 Å². The molecule has 45 heavy (non-hydrogen) atoms. The Bertz CT molecular complexity index is 1840. The molecule has 13 nitrogen and oxygen atoms in total. The second-order valence-corrected chi connectivity index (χ2v) is 13.0. The zero-order chi connectivity index (χ0) is 33.2. The predicted molar refractivity (Wildman–Crippen MR) is 167 cm³/mol. The molecule has 2 N–H and O–H groups in total. The van der Waals surface area contributed by atoms with Gasteiger partial charge >= 0.3 is 6.09 Å². The van der Waals surface area contributed by atoms with Crippen molar-refractivity contribution in [3.8, 4) is 11.8 Å². The number of hydrogen-bond acceptors (Lipinski definition) is 8. The summed E-state index contributed by atoms with van der Waals surface area (Å²) in [6.45, 7) is 2.72. The van der Waals surface area contributed by atoms with E-state index in [4.69, 9.17) is 4.74 Å². The lowest BCUT2D eigenvalue weighted by atomic mass is 10.0. The standard InChI is InChI=1S/C31H33N5O8S/c1-18-28(33-29(38)19(2)34(3)31(40)41)30(39)35(16-23-22-9-7-6-8-21(22)11-13-26(23)44-4)24-12-10-20(15-32)14-25(24)36(18)27(37)17-45(5,42)43/h6-14,18-19,28H,16-17H2,1-5H3,(H,33,38)(H,40,41)/t18-,19-,28-/m0/s1. The molecule has 0 aliphatic carbocycles. The van der Waals surface area contributed by atoms with Crippen LogP contribution in [0.3, 0.4) is 0 Å². The van der Waals surface area contributed by atoms with Gasteiger partial charge in [0.15, 0.2) is 9.84 Å². The fourth-order valence-electron chi connectivity index (χ4n) is 5.32. The number of anilines is 2. The molecule has 1 aliphatic heterocycles. The van der Waals surface area contributed by atoms with Gasteiger partial charge in [-0.05, 0) is 48.9 Å². The van der Waals surface area contributed by atoms with Crippen LogP contribution in [-0.2, 0) is 30.8 Å². The summed E-state index contributed by atoms with van der Waals surface area (Å²) in [5.74, 6) is -2.79. The number of nitrogens with zero attached hydrogens (tertiary/aromatic N) is 4. The minimum atomic E-state index is -3.84. The smallest absolute Gasteiger partial charge is 0.407 e. The number of ether oxygens (including phenoxy) is 1. The van der Waals surface area contributed by atoms with Crippen LogP contribution in [0.5, 0.6) is 5.75 Å². The van der Waals surface area contributed by atoms with Crippen LogP contribution in [-0.4, -0.2) is 86.5 Å². The van der Waals surface area contributed by atoms with Gasteiger partial charge in [-0.15, -0.1) is 0 Å². The number of carboxylic acid groups (broad SMARTS) is 1. The topological polar surface area (TPSA) is 177 Å². The summed E-state index contributed by atoms with van der Waals surface area (Å²) < 4.78 is 30.1. The van der Waals surface area contributed by atoms with Crippen LogP contribution >= 0.6 is 0 Å². The molecule has 0 aromatic heterocycles. The van der Waals surface area contributed by atoms with E-state index in [-0.39, 0.29) is 23.5 Å². The Morgan fingerprint density at radius 3 is 2.44 bits per heavy atom. The van der Waals surface area contributed by atoms with Gasteiger partial charge < -0.3 is 25.0 Å². The van der Waals surface area contributed by atoms with E-state index in [1.807, 2.05) is 36.4 Å². The molecule has 0 bridgehead atoms. The van der Waals surface area contributed by atoms with E-state index in [9.17, 15) is 38.0 Å². The fourth-order valence-corrected chi connectivity index (χ4v) is 5.91. The molecular formula is C31H33N5O8S. The Balaban J connectivity index is 1.95. The highest BCUT2D eigenvalue weighted by molar-refractivity contribution is 7.91. The maximum atomic E-state index is 14.5. The Morgan fingerprint density at radius 1 is 1.13 bits per heavy atom. The SMILES string of the molecule is COc1ccc2ccccc2c1CN1C(=O)[C@@H](NC(=O)[C@H](C)N(C)C(=O)O)[C@H](C)N(C(=O)CS(C)(=O)=O)c2cc(C#N)ccc21. The van der Waals surface area contributed by atoms with Gasteiger partial charge in [0.1, 0.15) is 23.6 Å². The van der Waals surface area contributed by atoms with Crippen LogP contribution in [0.4, 0.5) is 16.2 Å². The number of nitrogens with one attached hydrogen (secondary N) is 1. The first-order chi connectivity index (χ1) is 21.2. The number of rotatable bonds is 8. The number of carbonyl (C=O) groups is 4. The van der Waals surface area contributed by atoms with Gasteiger partial charge in [0, 0.05) is 18.9 Å².